The van der Waals surface area contributed by atoms with E-state index in [1.165, 1.54) is 32.2 Å². The molecular formula is C21H24N2O7. The van der Waals surface area contributed by atoms with Crippen molar-refractivity contribution in [2.24, 2.45) is 0 Å². The van der Waals surface area contributed by atoms with Crippen LogP contribution >= 0.6 is 0 Å². The molecule has 0 bridgehead atoms. The third-order valence-electron chi connectivity index (χ3n) is 4.15. The van der Waals surface area contributed by atoms with Crippen LogP contribution in [0, 0.1) is 10.1 Å². The second kappa shape index (κ2) is 10.8. The van der Waals surface area contributed by atoms with E-state index in [0.29, 0.717) is 17.9 Å². The van der Waals surface area contributed by atoms with Crippen LogP contribution in [-0.2, 0) is 9.53 Å². The first kappa shape index (κ1) is 22.7. The van der Waals surface area contributed by atoms with Gasteiger partial charge in [-0.05, 0) is 43.7 Å². The van der Waals surface area contributed by atoms with Crippen LogP contribution in [0.15, 0.2) is 42.5 Å². The quantitative estimate of drug-likeness (QED) is 0.269. The molecule has 0 saturated carbocycles. The molecule has 0 aliphatic rings. The summed E-state index contributed by atoms with van der Waals surface area (Å²) >= 11 is 0. The van der Waals surface area contributed by atoms with Crippen molar-refractivity contribution in [1.29, 1.82) is 0 Å². The molecule has 9 nitrogen and oxygen atoms in total. The van der Waals surface area contributed by atoms with Gasteiger partial charge >= 0.3 is 5.97 Å². The Labute approximate surface area is 174 Å². The van der Waals surface area contributed by atoms with E-state index in [-0.39, 0.29) is 17.1 Å². The molecule has 0 saturated heterocycles. The molecule has 0 unspecified atom stereocenters. The Morgan fingerprint density at radius 2 is 1.87 bits per heavy atom. The number of nitrogens with zero attached hydrogens (tertiary/aromatic N) is 1. The molecule has 0 heterocycles. The Morgan fingerprint density at radius 3 is 2.47 bits per heavy atom. The van der Waals surface area contributed by atoms with Gasteiger partial charge in [0.2, 0.25) is 0 Å². The minimum absolute atomic E-state index is 0.164. The van der Waals surface area contributed by atoms with E-state index in [1.54, 1.807) is 24.3 Å². The van der Waals surface area contributed by atoms with E-state index in [1.807, 2.05) is 6.92 Å². The van der Waals surface area contributed by atoms with Crippen LogP contribution in [0.3, 0.4) is 0 Å². The number of hydrogen-bond donors (Lipinski definition) is 1. The van der Waals surface area contributed by atoms with Gasteiger partial charge in [0, 0.05) is 12.1 Å². The van der Waals surface area contributed by atoms with Crippen LogP contribution in [0.5, 0.6) is 11.5 Å². The smallest absolute Gasteiger partial charge is 0.338 e. The van der Waals surface area contributed by atoms with E-state index >= 15 is 0 Å². The molecule has 0 aromatic heterocycles. The fourth-order valence-corrected chi connectivity index (χ4v) is 2.46. The summed E-state index contributed by atoms with van der Waals surface area (Å²) in [5, 5.41) is 13.5. The molecule has 2 rings (SSSR count). The van der Waals surface area contributed by atoms with E-state index in [9.17, 15) is 19.7 Å². The lowest BCUT2D eigenvalue weighted by Crippen LogP contribution is -2.30. The first-order valence-corrected chi connectivity index (χ1v) is 9.42. The maximum Gasteiger partial charge on any atom is 0.338 e. The van der Waals surface area contributed by atoms with Gasteiger partial charge in [-0.15, -0.1) is 0 Å². The summed E-state index contributed by atoms with van der Waals surface area (Å²) in [7, 11) is 1.39. The van der Waals surface area contributed by atoms with Gasteiger partial charge in [-0.25, -0.2) is 4.79 Å². The monoisotopic (exact) mass is 416 g/mol. The van der Waals surface area contributed by atoms with Crippen molar-refractivity contribution in [1.82, 2.24) is 0 Å². The van der Waals surface area contributed by atoms with Gasteiger partial charge in [0.15, 0.2) is 6.10 Å². The van der Waals surface area contributed by atoms with E-state index < -0.39 is 22.9 Å². The third kappa shape index (κ3) is 6.20. The van der Waals surface area contributed by atoms with Crippen molar-refractivity contribution in [2.75, 3.05) is 19.0 Å². The Morgan fingerprint density at radius 1 is 1.17 bits per heavy atom. The molecule has 0 aliphatic heterocycles. The first-order valence-electron chi connectivity index (χ1n) is 9.42. The van der Waals surface area contributed by atoms with Crippen molar-refractivity contribution >= 4 is 23.3 Å². The second-order valence-electron chi connectivity index (χ2n) is 6.40. The van der Waals surface area contributed by atoms with Crippen molar-refractivity contribution in [3.63, 3.8) is 0 Å². The van der Waals surface area contributed by atoms with Crippen LogP contribution in [0.1, 0.15) is 37.0 Å². The number of esters is 1. The largest absolute Gasteiger partial charge is 0.495 e. The van der Waals surface area contributed by atoms with Crippen molar-refractivity contribution < 1.29 is 28.7 Å². The van der Waals surface area contributed by atoms with Gasteiger partial charge in [-0.1, -0.05) is 13.3 Å². The molecule has 1 amide bonds. The lowest BCUT2D eigenvalue weighted by Gasteiger charge is -2.16. The summed E-state index contributed by atoms with van der Waals surface area (Å²) in [5.41, 5.74) is 0.371. The van der Waals surface area contributed by atoms with Crippen LogP contribution in [0.2, 0.25) is 0 Å². The number of rotatable bonds is 10. The number of nitro benzene ring substituents is 1. The predicted molar refractivity (Wildman–Crippen MR) is 110 cm³/mol. The number of methoxy groups -OCH3 is 1. The average Bonchev–Trinajstić information content (AvgIpc) is 2.74. The van der Waals surface area contributed by atoms with Gasteiger partial charge in [-0.2, -0.15) is 0 Å². The molecule has 160 valence electrons. The van der Waals surface area contributed by atoms with E-state index in [4.69, 9.17) is 14.2 Å². The number of benzene rings is 2. The fourth-order valence-electron chi connectivity index (χ4n) is 2.46. The minimum Gasteiger partial charge on any atom is -0.495 e. The average molecular weight is 416 g/mol. The number of carbonyl (C=O) groups is 2. The first-order chi connectivity index (χ1) is 14.3. The highest BCUT2D eigenvalue weighted by molar-refractivity contribution is 5.95. The number of hydrogen-bond acceptors (Lipinski definition) is 7. The van der Waals surface area contributed by atoms with E-state index in [2.05, 4.69) is 5.32 Å². The summed E-state index contributed by atoms with van der Waals surface area (Å²) < 4.78 is 15.9. The maximum absolute atomic E-state index is 12.5. The zero-order chi connectivity index (χ0) is 22.1. The van der Waals surface area contributed by atoms with Gasteiger partial charge in [0.1, 0.15) is 11.5 Å². The maximum atomic E-state index is 12.5. The van der Waals surface area contributed by atoms with Gasteiger partial charge in [0.25, 0.3) is 11.6 Å². The van der Waals surface area contributed by atoms with Crippen LogP contribution < -0.4 is 14.8 Å². The third-order valence-corrected chi connectivity index (χ3v) is 4.15. The molecule has 1 N–H and O–H groups in total. The molecule has 30 heavy (non-hydrogen) atoms. The number of amides is 1. The topological polar surface area (TPSA) is 117 Å². The standard InChI is InChI=1S/C21H24N2O7/c1-4-5-12-29-21(25)15-6-9-17(10-7-15)30-14(2)20(24)22-18-13-16(23(26)27)8-11-19(18)28-3/h6-11,13-14H,4-5,12H2,1-3H3,(H,22,24)/t14-/m1/s1. The number of anilines is 1. The highest BCUT2D eigenvalue weighted by Crippen LogP contribution is 2.29. The summed E-state index contributed by atoms with van der Waals surface area (Å²) in [6, 6.07) is 10.1. The molecule has 0 radical (unpaired) electrons. The molecule has 1 atom stereocenters. The van der Waals surface area contributed by atoms with Gasteiger partial charge in [0.05, 0.1) is 29.9 Å². The highest BCUT2D eigenvalue weighted by Gasteiger charge is 2.19. The Kier molecular flexibility index (Phi) is 8.16. The summed E-state index contributed by atoms with van der Waals surface area (Å²) in [4.78, 5) is 34.8. The van der Waals surface area contributed by atoms with Gasteiger partial charge in [-0.3, -0.25) is 14.9 Å². The van der Waals surface area contributed by atoms with Crippen molar-refractivity contribution in [3.05, 3.63) is 58.1 Å². The van der Waals surface area contributed by atoms with Gasteiger partial charge < -0.3 is 19.5 Å². The summed E-state index contributed by atoms with van der Waals surface area (Å²) in [6.45, 7) is 3.91. The van der Waals surface area contributed by atoms with Crippen molar-refractivity contribution in [2.45, 2.75) is 32.8 Å². The molecule has 0 aliphatic carbocycles. The van der Waals surface area contributed by atoms with Crippen LogP contribution in [0.4, 0.5) is 11.4 Å². The zero-order valence-electron chi connectivity index (χ0n) is 17.0. The Bertz CT molecular complexity index is 897. The molecular weight excluding hydrogens is 392 g/mol. The highest BCUT2D eigenvalue weighted by atomic mass is 16.6. The van der Waals surface area contributed by atoms with Crippen molar-refractivity contribution in [3.8, 4) is 11.5 Å². The summed E-state index contributed by atoms with van der Waals surface area (Å²) in [5.74, 6) is -0.267. The fraction of sp³-hybridized carbons (Fsp3) is 0.333. The Hall–Kier alpha value is -3.62. The lowest BCUT2D eigenvalue weighted by molar-refractivity contribution is -0.384. The number of carbonyl (C=O) groups excluding carboxylic acids is 2. The predicted octanol–water partition coefficient (Wildman–Crippen LogP) is 3.97. The second-order valence-corrected chi connectivity index (χ2v) is 6.40. The number of non-ortho nitro benzene ring substituents is 1. The minimum atomic E-state index is -0.906. The zero-order valence-corrected chi connectivity index (χ0v) is 17.0. The number of ether oxygens (including phenoxy) is 3. The molecule has 2 aromatic rings. The number of nitrogens with one attached hydrogen (secondary N) is 1. The summed E-state index contributed by atoms with van der Waals surface area (Å²) in [6.07, 6.45) is 0.827. The molecule has 0 fully saturated rings. The van der Waals surface area contributed by atoms with E-state index in [0.717, 1.165) is 12.8 Å². The molecule has 0 spiro atoms. The lowest BCUT2D eigenvalue weighted by atomic mass is 10.2. The van der Waals surface area contributed by atoms with Crippen LogP contribution in [-0.4, -0.2) is 36.6 Å². The molecule has 9 heteroatoms. The number of unbranched alkanes of at least 4 members (excludes halogenated alkanes) is 1. The normalized spacial score (nSPS) is 11.3. The molecule has 2 aromatic carbocycles. The Balaban J connectivity index is 2.00. The SMILES string of the molecule is CCCCOC(=O)c1ccc(O[C@H](C)C(=O)Nc2cc([N+](=O)[O-])ccc2OC)cc1. The van der Waals surface area contributed by atoms with Crippen LogP contribution in [0.25, 0.3) is 0 Å². The number of nitro groups is 1.